The van der Waals surface area contributed by atoms with E-state index >= 15 is 0 Å². The maximum atomic E-state index is 7.06. The molecule has 11 rings (SSSR count). The molecule has 0 saturated heterocycles. The van der Waals surface area contributed by atoms with E-state index in [1.54, 1.807) is 0 Å². The highest BCUT2D eigenvalue weighted by molar-refractivity contribution is 7.00. The first-order valence-electron chi connectivity index (χ1n) is 20.0. The molecule has 276 valence electrons. The Morgan fingerprint density at radius 3 is 1.72 bits per heavy atom. The second-order valence-electron chi connectivity index (χ2n) is 17.8. The summed E-state index contributed by atoms with van der Waals surface area (Å²) in [6.45, 7) is 13.5. The van der Waals surface area contributed by atoms with Crippen LogP contribution in [0.1, 0.15) is 52.7 Å². The fourth-order valence-corrected chi connectivity index (χ4v) is 9.26. The van der Waals surface area contributed by atoms with Crippen molar-refractivity contribution in [2.45, 2.75) is 52.4 Å². The SMILES string of the molecule is CC(C)(C)c1ccc(-c2cc3c4c(c2)N(c2cccc5c2oc2ccccc25)c2ccccc2B4c2oc4ccccc4c2N3c2ccc(C(C)(C)C)cc2)cc1. The molecule has 7 aromatic carbocycles. The average Bonchev–Trinajstić information content (AvgIpc) is 3.79. The number of hydrogen-bond acceptors (Lipinski definition) is 4. The fourth-order valence-electron chi connectivity index (χ4n) is 9.26. The molecule has 9 aromatic rings. The summed E-state index contributed by atoms with van der Waals surface area (Å²) >= 11 is 0. The van der Waals surface area contributed by atoms with Crippen LogP contribution in [-0.4, -0.2) is 6.71 Å². The van der Waals surface area contributed by atoms with Gasteiger partial charge in [0, 0.05) is 38.9 Å². The lowest BCUT2D eigenvalue weighted by molar-refractivity contribution is 0.590. The van der Waals surface area contributed by atoms with Crippen LogP contribution in [0.3, 0.4) is 0 Å². The van der Waals surface area contributed by atoms with Crippen LogP contribution in [0.2, 0.25) is 0 Å². The predicted octanol–water partition coefficient (Wildman–Crippen LogP) is 12.7. The van der Waals surface area contributed by atoms with Crippen molar-refractivity contribution in [1.29, 1.82) is 0 Å². The van der Waals surface area contributed by atoms with Crippen LogP contribution in [0.4, 0.5) is 34.1 Å². The summed E-state index contributed by atoms with van der Waals surface area (Å²) in [5.74, 6) is 0. The normalized spacial score (nSPS) is 13.7. The Morgan fingerprint density at radius 1 is 0.456 bits per heavy atom. The monoisotopic (exact) mass is 738 g/mol. The van der Waals surface area contributed by atoms with Crippen molar-refractivity contribution in [3.63, 3.8) is 0 Å². The molecule has 0 saturated carbocycles. The molecule has 0 fully saturated rings. The molecule has 4 nitrogen and oxygen atoms in total. The molecule has 2 aliphatic rings. The van der Waals surface area contributed by atoms with Crippen molar-refractivity contribution in [2.75, 3.05) is 9.80 Å². The summed E-state index contributed by atoms with van der Waals surface area (Å²) in [5.41, 5.74) is 17.6. The molecular formula is C52H43BN2O2. The second-order valence-corrected chi connectivity index (χ2v) is 17.8. The molecule has 4 heterocycles. The summed E-state index contributed by atoms with van der Waals surface area (Å²) in [6, 6.07) is 55.3. The van der Waals surface area contributed by atoms with Gasteiger partial charge in [-0.1, -0.05) is 139 Å². The van der Waals surface area contributed by atoms with Crippen LogP contribution in [0, 0.1) is 0 Å². The molecule has 0 spiro atoms. The average molecular weight is 739 g/mol. The lowest BCUT2D eigenvalue weighted by atomic mass is 9.35. The fraction of sp³-hybridized carbons (Fsp3) is 0.154. The van der Waals surface area contributed by atoms with Gasteiger partial charge in [0.25, 0.3) is 6.71 Å². The van der Waals surface area contributed by atoms with Gasteiger partial charge in [0.1, 0.15) is 11.2 Å². The van der Waals surface area contributed by atoms with Gasteiger partial charge >= 0.3 is 0 Å². The molecule has 2 aliphatic heterocycles. The topological polar surface area (TPSA) is 32.8 Å². The predicted molar refractivity (Wildman–Crippen MR) is 240 cm³/mol. The maximum absolute atomic E-state index is 7.06. The summed E-state index contributed by atoms with van der Waals surface area (Å²) in [4.78, 5) is 4.90. The molecule has 0 radical (unpaired) electrons. The van der Waals surface area contributed by atoms with Gasteiger partial charge in [-0.15, -0.1) is 0 Å². The van der Waals surface area contributed by atoms with Crippen molar-refractivity contribution >= 4 is 90.3 Å². The number of hydrogen-bond donors (Lipinski definition) is 0. The van der Waals surface area contributed by atoms with Crippen molar-refractivity contribution in [1.82, 2.24) is 0 Å². The van der Waals surface area contributed by atoms with E-state index in [0.29, 0.717) is 0 Å². The molecule has 0 unspecified atom stereocenters. The van der Waals surface area contributed by atoms with E-state index in [1.807, 2.05) is 6.07 Å². The van der Waals surface area contributed by atoms with Gasteiger partial charge < -0.3 is 18.6 Å². The van der Waals surface area contributed by atoms with Gasteiger partial charge in [-0.25, -0.2) is 0 Å². The second kappa shape index (κ2) is 12.0. The summed E-state index contributed by atoms with van der Waals surface area (Å²) in [6.07, 6.45) is 0. The third kappa shape index (κ3) is 5.08. The minimum absolute atomic E-state index is 0.0270. The summed E-state index contributed by atoms with van der Waals surface area (Å²) < 4.78 is 13.8. The zero-order valence-corrected chi connectivity index (χ0v) is 33.2. The highest BCUT2D eigenvalue weighted by atomic mass is 16.3. The largest absolute Gasteiger partial charge is 0.468 e. The zero-order valence-electron chi connectivity index (χ0n) is 33.2. The first-order chi connectivity index (χ1) is 27.5. The van der Waals surface area contributed by atoms with Crippen molar-refractivity contribution < 1.29 is 8.83 Å². The van der Waals surface area contributed by atoms with Crippen molar-refractivity contribution in [2.24, 2.45) is 0 Å². The van der Waals surface area contributed by atoms with Crippen LogP contribution in [0.25, 0.3) is 44.0 Å². The van der Waals surface area contributed by atoms with Gasteiger partial charge in [0.2, 0.25) is 0 Å². The minimum Gasteiger partial charge on any atom is -0.468 e. The molecule has 2 aromatic heterocycles. The quantitative estimate of drug-likeness (QED) is 0.169. The number of nitrogens with zero attached hydrogens (tertiary/aromatic N) is 2. The van der Waals surface area contributed by atoms with E-state index in [9.17, 15) is 0 Å². The van der Waals surface area contributed by atoms with E-state index < -0.39 is 0 Å². The lowest BCUT2D eigenvalue weighted by Gasteiger charge is -2.42. The number of para-hydroxylation sites is 4. The van der Waals surface area contributed by atoms with E-state index in [1.165, 1.54) is 27.6 Å². The Balaban J connectivity index is 1.26. The zero-order chi connectivity index (χ0) is 38.8. The first kappa shape index (κ1) is 33.8. The number of rotatable bonds is 3. The molecule has 0 atom stereocenters. The van der Waals surface area contributed by atoms with E-state index in [4.69, 9.17) is 8.83 Å². The summed E-state index contributed by atoms with van der Waals surface area (Å²) in [5, 5.41) is 3.32. The highest BCUT2D eigenvalue weighted by Gasteiger charge is 2.47. The van der Waals surface area contributed by atoms with E-state index in [-0.39, 0.29) is 17.5 Å². The maximum Gasteiger partial charge on any atom is 0.297 e. The number of benzene rings is 7. The van der Waals surface area contributed by atoms with Gasteiger partial charge in [0.15, 0.2) is 5.58 Å². The lowest BCUT2D eigenvalue weighted by Crippen LogP contribution is -2.61. The van der Waals surface area contributed by atoms with Crippen LogP contribution < -0.4 is 26.4 Å². The standard InChI is InChI=1S/C52H43BN2O2/c1-51(2,3)34-24-22-32(23-25-34)33-30-43-47-44(31-33)55(42-19-13-16-38-37-14-7-11-20-45(37)56-49(38)42)41-18-10-9-17-40(41)53(47)50-48(39-15-8-12-21-46(39)57-50)54(43)36-28-26-35(27-29-36)52(4,5)6/h7-31H,1-6H3. The Bertz CT molecular complexity index is 3050. The Morgan fingerprint density at radius 2 is 1.02 bits per heavy atom. The van der Waals surface area contributed by atoms with E-state index in [0.717, 1.165) is 78.3 Å². The molecule has 5 heteroatoms. The van der Waals surface area contributed by atoms with Crippen molar-refractivity contribution in [3.05, 3.63) is 163 Å². The molecule has 0 bridgehead atoms. The molecule has 0 amide bonds. The summed E-state index contributed by atoms with van der Waals surface area (Å²) in [7, 11) is 0. The van der Waals surface area contributed by atoms with Crippen LogP contribution in [0.5, 0.6) is 0 Å². The third-order valence-corrected chi connectivity index (χ3v) is 12.2. The molecule has 0 N–H and O–H groups in total. The van der Waals surface area contributed by atoms with Gasteiger partial charge in [-0.2, -0.15) is 0 Å². The Kier molecular flexibility index (Phi) is 7.14. The highest BCUT2D eigenvalue weighted by Crippen LogP contribution is 2.50. The third-order valence-electron chi connectivity index (χ3n) is 12.2. The molecule has 57 heavy (non-hydrogen) atoms. The first-order valence-corrected chi connectivity index (χ1v) is 20.0. The van der Waals surface area contributed by atoms with Gasteiger partial charge in [-0.3, -0.25) is 0 Å². The van der Waals surface area contributed by atoms with Crippen LogP contribution in [0.15, 0.2) is 160 Å². The number of furan rings is 2. The van der Waals surface area contributed by atoms with Gasteiger partial charge in [-0.05, 0) is 98.6 Å². The molecule has 0 aliphatic carbocycles. The Labute approximate surface area is 334 Å². The Hall–Kier alpha value is -6.46. The van der Waals surface area contributed by atoms with Crippen LogP contribution in [-0.2, 0) is 10.8 Å². The van der Waals surface area contributed by atoms with Gasteiger partial charge in [0.05, 0.1) is 17.0 Å². The number of anilines is 6. The number of fused-ring (bicyclic) bond motifs is 9. The van der Waals surface area contributed by atoms with E-state index in [2.05, 4.69) is 197 Å². The smallest absolute Gasteiger partial charge is 0.297 e. The van der Waals surface area contributed by atoms with Crippen LogP contribution >= 0.6 is 0 Å². The van der Waals surface area contributed by atoms with Crippen molar-refractivity contribution in [3.8, 4) is 11.1 Å². The minimum atomic E-state index is -0.137. The molecular weight excluding hydrogens is 695 g/mol.